The van der Waals surface area contributed by atoms with Gasteiger partial charge in [-0.2, -0.15) is 0 Å². The number of carbonyl (C=O) groups is 1. The van der Waals surface area contributed by atoms with Crippen LogP contribution in [0.25, 0.3) is 5.65 Å². The summed E-state index contributed by atoms with van der Waals surface area (Å²) >= 11 is 0. The molecule has 2 aromatic heterocycles. The second kappa shape index (κ2) is 4.81. The fourth-order valence-electron chi connectivity index (χ4n) is 3.02. The fraction of sp³-hybridized carbons (Fsp3) is 0.467. The van der Waals surface area contributed by atoms with Gasteiger partial charge >= 0.3 is 5.97 Å². The van der Waals surface area contributed by atoms with E-state index in [1.54, 1.807) is 11.3 Å². The molecule has 1 aliphatic rings. The van der Waals surface area contributed by atoms with E-state index in [0.29, 0.717) is 11.3 Å². The zero-order chi connectivity index (χ0) is 14.3. The van der Waals surface area contributed by atoms with Gasteiger partial charge in [-0.1, -0.05) is 0 Å². The summed E-state index contributed by atoms with van der Waals surface area (Å²) in [7, 11) is 0. The largest absolute Gasteiger partial charge is 0.477 e. The molecule has 3 rings (SSSR count). The van der Waals surface area contributed by atoms with Gasteiger partial charge in [0, 0.05) is 19.3 Å². The molecule has 1 N–H and O–H groups in total. The molecule has 3 heterocycles. The van der Waals surface area contributed by atoms with E-state index in [1.807, 2.05) is 12.3 Å². The van der Waals surface area contributed by atoms with Crippen LogP contribution in [0.4, 0.5) is 5.69 Å². The lowest BCUT2D eigenvalue weighted by Crippen LogP contribution is -2.30. The molecule has 5 heteroatoms. The Labute approximate surface area is 117 Å². The number of piperidine rings is 1. The topological polar surface area (TPSA) is 57.8 Å². The van der Waals surface area contributed by atoms with Crippen LogP contribution in [0.15, 0.2) is 12.3 Å². The van der Waals surface area contributed by atoms with Crippen LogP contribution in [0, 0.1) is 13.8 Å². The van der Waals surface area contributed by atoms with Crippen LogP contribution in [0.5, 0.6) is 0 Å². The highest BCUT2D eigenvalue weighted by atomic mass is 16.4. The van der Waals surface area contributed by atoms with E-state index in [9.17, 15) is 9.90 Å². The standard InChI is InChI=1S/C15H19N3O2/c1-10-8-13-16-11(2)14(15(19)20)18(13)9-12(10)17-6-4-3-5-7-17/h8-9H,3-7H2,1-2H3,(H,19,20). The van der Waals surface area contributed by atoms with Crippen LogP contribution < -0.4 is 4.90 Å². The number of aromatic carboxylic acids is 1. The molecule has 106 valence electrons. The van der Waals surface area contributed by atoms with Crippen molar-refractivity contribution in [2.45, 2.75) is 33.1 Å². The van der Waals surface area contributed by atoms with Gasteiger partial charge in [-0.3, -0.25) is 4.40 Å². The Morgan fingerprint density at radius 3 is 2.60 bits per heavy atom. The highest BCUT2D eigenvalue weighted by Crippen LogP contribution is 2.26. The van der Waals surface area contributed by atoms with Crippen molar-refractivity contribution >= 4 is 17.3 Å². The normalized spacial score (nSPS) is 15.8. The van der Waals surface area contributed by atoms with Gasteiger partial charge in [0.2, 0.25) is 0 Å². The van der Waals surface area contributed by atoms with Crippen LogP contribution >= 0.6 is 0 Å². The molecule has 0 aromatic carbocycles. The molecule has 1 fully saturated rings. The van der Waals surface area contributed by atoms with Crippen molar-refractivity contribution in [3.63, 3.8) is 0 Å². The molecule has 0 saturated carbocycles. The van der Waals surface area contributed by atoms with Crippen molar-refractivity contribution in [2.24, 2.45) is 0 Å². The molecule has 0 amide bonds. The third kappa shape index (κ3) is 2.03. The summed E-state index contributed by atoms with van der Waals surface area (Å²) < 4.78 is 1.70. The number of aromatic nitrogens is 2. The van der Waals surface area contributed by atoms with Crippen molar-refractivity contribution in [1.29, 1.82) is 0 Å². The van der Waals surface area contributed by atoms with Crippen LogP contribution in [0.2, 0.25) is 0 Å². The summed E-state index contributed by atoms with van der Waals surface area (Å²) in [5.41, 5.74) is 3.81. The number of pyridine rings is 1. The molecule has 0 bridgehead atoms. The van der Waals surface area contributed by atoms with E-state index < -0.39 is 5.97 Å². The summed E-state index contributed by atoms with van der Waals surface area (Å²) in [5.74, 6) is -0.927. The number of aryl methyl sites for hydroxylation is 2. The number of nitrogens with zero attached hydrogens (tertiary/aromatic N) is 3. The molecule has 1 aliphatic heterocycles. The third-order valence-electron chi connectivity index (χ3n) is 4.01. The Hall–Kier alpha value is -2.04. The van der Waals surface area contributed by atoms with Gasteiger partial charge < -0.3 is 10.0 Å². The van der Waals surface area contributed by atoms with Gasteiger partial charge in [0.15, 0.2) is 5.69 Å². The maximum atomic E-state index is 11.4. The monoisotopic (exact) mass is 273 g/mol. The fourth-order valence-corrected chi connectivity index (χ4v) is 3.02. The Balaban J connectivity index is 2.15. The van der Waals surface area contributed by atoms with Crippen molar-refractivity contribution in [2.75, 3.05) is 18.0 Å². The number of anilines is 1. The molecule has 0 radical (unpaired) electrons. The number of carboxylic acids is 1. The summed E-state index contributed by atoms with van der Waals surface area (Å²) in [4.78, 5) is 18.1. The van der Waals surface area contributed by atoms with Crippen molar-refractivity contribution < 1.29 is 9.90 Å². The Morgan fingerprint density at radius 1 is 1.25 bits per heavy atom. The Bertz CT molecular complexity index is 669. The van der Waals surface area contributed by atoms with Crippen molar-refractivity contribution in [1.82, 2.24) is 9.38 Å². The summed E-state index contributed by atoms with van der Waals surface area (Å²) in [6.07, 6.45) is 5.61. The second-order valence-electron chi connectivity index (χ2n) is 5.47. The number of rotatable bonds is 2. The molecular formula is C15H19N3O2. The lowest BCUT2D eigenvalue weighted by atomic mass is 10.1. The van der Waals surface area contributed by atoms with E-state index in [1.165, 1.54) is 19.3 Å². The van der Waals surface area contributed by atoms with Crippen LogP contribution in [-0.4, -0.2) is 33.6 Å². The number of hydrogen-bond donors (Lipinski definition) is 1. The van der Waals surface area contributed by atoms with Gasteiger partial charge in [-0.15, -0.1) is 0 Å². The first-order valence-electron chi connectivity index (χ1n) is 7.05. The number of carboxylic acid groups (broad SMARTS) is 1. The molecule has 0 spiro atoms. The summed E-state index contributed by atoms with van der Waals surface area (Å²) in [6, 6.07) is 1.98. The smallest absolute Gasteiger partial charge is 0.354 e. The molecule has 0 unspecified atom stereocenters. The van der Waals surface area contributed by atoms with Gasteiger partial charge in [0.25, 0.3) is 0 Å². The zero-order valence-electron chi connectivity index (χ0n) is 11.9. The maximum Gasteiger partial charge on any atom is 0.354 e. The molecule has 5 nitrogen and oxygen atoms in total. The van der Waals surface area contributed by atoms with Gasteiger partial charge in [0.1, 0.15) is 5.65 Å². The van der Waals surface area contributed by atoms with Crippen LogP contribution in [0.1, 0.15) is 41.0 Å². The van der Waals surface area contributed by atoms with Gasteiger partial charge in [0.05, 0.1) is 11.4 Å². The van der Waals surface area contributed by atoms with E-state index in [2.05, 4.69) is 16.8 Å². The van der Waals surface area contributed by atoms with Crippen molar-refractivity contribution in [3.8, 4) is 0 Å². The lowest BCUT2D eigenvalue weighted by molar-refractivity contribution is 0.0688. The quantitative estimate of drug-likeness (QED) is 0.914. The number of imidazole rings is 1. The number of hydrogen-bond acceptors (Lipinski definition) is 3. The average Bonchev–Trinajstić information content (AvgIpc) is 2.73. The highest BCUT2D eigenvalue weighted by Gasteiger charge is 2.19. The zero-order valence-corrected chi connectivity index (χ0v) is 11.9. The minimum Gasteiger partial charge on any atom is -0.477 e. The molecule has 2 aromatic rings. The van der Waals surface area contributed by atoms with Gasteiger partial charge in [-0.25, -0.2) is 9.78 Å². The van der Waals surface area contributed by atoms with Gasteiger partial charge in [-0.05, 0) is 44.7 Å². The maximum absolute atomic E-state index is 11.4. The van der Waals surface area contributed by atoms with E-state index in [4.69, 9.17) is 0 Å². The lowest BCUT2D eigenvalue weighted by Gasteiger charge is -2.30. The average molecular weight is 273 g/mol. The van der Waals surface area contributed by atoms with E-state index in [0.717, 1.165) is 24.3 Å². The molecule has 0 atom stereocenters. The summed E-state index contributed by atoms with van der Waals surface area (Å²) in [6.45, 7) is 5.89. The van der Waals surface area contributed by atoms with Crippen LogP contribution in [0.3, 0.4) is 0 Å². The summed E-state index contributed by atoms with van der Waals surface area (Å²) in [5, 5.41) is 9.35. The number of fused-ring (bicyclic) bond motifs is 1. The first-order valence-corrected chi connectivity index (χ1v) is 7.05. The first kappa shape index (κ1) is 13.0. The molecule has 20 heavy (non-hydrogen) atoms. The van der Waals surface area contributed by atoms with E-state index in [-0.39, 0.29) is 5.69 Å². The molecular weight excluding hydrogens is 254 g/mol. The van der Waals surface area contributed by atoms with Crippen LogP contribution in [-0.2, 0) is 0 Å². The third-order valence-corrected chi connectivity index (χ3v) is 4.01. The predicted octanol–water partition coefficient (Wildman–Crippen LogP) is 2.64. The first-order chi connectivity index (χ1) is 9.58. The van der Waals surface area contributed by atoms with Crippen molar-refractivity contribution in [3.05, 3.63) is 29.2 Å². The Morgan fingerprint density at radius 2 is 1.95 bits per heavy atom. The predicted molar refractivity (Wildman–Crippen MR) is 77.7 cm³/mol. The molecule has 0 aliphatic carbocycles. The minimum absolute atomic E-state index is 0.262. The second-order valence-corrected chi connectivity index (χ2v) is 5.47. The minimum atomic E-state index is -0.927. The highest BCUT2D eigenvalue weighted by molar-refractivity contribution is 5.88. The Kier molecular flexibility index (Phi) is 3.12. The molecule has 1 saturated heterocycles. The SMILES string of the molecule is Cc1cc2nc(C)c(C(=O)O)n2cc1N1CCCCC1. The van der Waals surface area contributed by atoms with E-state index >= 15 is 0 Å².